The first-order chi connectivity index (χ1) is 13.6. The average Bonchev–Trinajstić information content (AvgIpc) is 3.38. The molecule has 3 aromatic rings. The second kappa shape index (κ2) is 8.07. The predicted octanol–water partition coefficient (Wildman–Crippen LogP) is 3.78. The van der Waals surface area contributed by atoms with Gasteiger partial charge in [0.25, 0.3) is 5.91 Å². The minimum absolute atomic E-state index is 0.0387. The van der Waals surface area contributed by atoms with Crippen molar-refractivity contribution < 1.29 is 9.59 Å². The lowest BCUT2D eigenvalue weighted by atomic mass is 10.0. The Bertz CT molecular complexity index is 1010. The molecular weight excluding hydrogens is 374 g/mol. The normalized spacial score (nSPS) is 15.0. The van der Waals surface area contributed by atoms with Crippen molar-refractivity contribution >= 4 is 34.3 Å². The Morgan fingerprint density at radius 2 is 1.79 bits per heavy atom. The molecule has 2 heterocycles. The Morgan fingerprint density at radius 1 is 1.07 bits per heavy atom. The number of carbonyl (C=O) groups is 2. The van der Waals surface area contributed by atoms with Crippen LogP contribution in [0.5, 0.6) is 0 Å². The Labute approximate surface area is 168 Å². The number of hydrogen-bond acceptors (Lipinski definition) is 2. The van der Waals surface area contributed by atoms with Crippen molar-refractivity contribution in [2.75, 3.05) is 13.1 Å². The number of amides is 2. The van der Waals surface area contributed by atoms with Crippen molar-refractivity contribution in [2.45, 2.75) is 25.3 Å². The summed E-state index contributed by atoms with van der Waals surface area (Å²) in [4.78, 5) is 31.0. The molecule has 1 saturated heterocycles. The summed E-state index contributed by atoms with van der Waals surface area (Å²) in [6.07, 6.45) is 4.35. The minimum Gasteiger partial charge on any atom is -0.361 e. The monoisotopic (exact) mass is 395 g/mol. The van der Waals surface area contributed by atoms with Gasteiger partial charge in [0.1, 0.15) is 6.04 Å². The highest BCUT2D eigenvalue weighted by Gasteiger charge is 2.29. The van der Waals surface area contributed by atoms with E-state index in [1.54, 1.807) is 24.3 Å². The number of rotatable bonds is 5. The lowest BCUT2D eigenvalue weighted by Crippen LogP contribution is -2.49. The topological polar surface area (TPSA) is 65.2 Å². The van der Waals surface area contributed by atoms with Crippen LogP contribution in [-0.4, -0.2) is 40.8 Å². The van der Waals surface area contributed by atoms with Gasteiger partial charge >= 0.3 is 0 Å². The molecule has 1 atom stereocenters. The van der Waals surface area contributed by atoms with E-state index in [-0.39, 0.29) is 11.8 Å². The highest BCUT2D eigenvalue weighted by atomic mass is 35.5. The third-order valence-corrected chi connectivity index (χ3v) is 5.57. The molecule has 0 unspecified atom stereocenters. The molecule has 28 heavy (non-hydrogen) atoms. The van der Waals surface area contributed by atoms with E-state index >= 15 is 0 Å². The predicted molar refractivity (Wildman–Crippen MR) is 111 cm³/mol. The number of likely N-dealkylation sites (tertiary alicyclic amines) is 1. The molecule has 6 heteroatoms. The van der Waals surface area contributed by atoms with Gasteiger partial charge in [-0.05, 0) is 36.6 Å². The zero-order valence-electron chi connectivity index (χ0n) is 15.5. The lowest BCUT2D eigenvalue weighted by Gasteiger charge is -2.24. The molecule has 0 spiro atoms. The maximum absolute atomic E-state index is 13.1. The van der Waals surface area contributed by atoms with Gasteiger partial charge in [-0.2, -0.15) is 0 Å². The highest BCUT2D eigenvalue weighted by Crippen LogP contribution is 2.21. The molecule has 1 fully saturated rings. The summed E-state index contributed by atoms with van der Waals surface area (Å²) in [7, 11) is 0. The van der Waals surface area contributed by atoms with Gasteiger partial charge in [0.15, 0.2) is 0 Å². The van der Waals surface area contributed by atoms with E-state index in [1.807, 2.05) is 35.4 Å². The molecule has 1 aromatic heterocycles. The van der Waals surface area contributed by atoms with Gasteiger partial charge < -0.3 is 15.2 Å². The first-order valence-electron chi connectivity index (χ1n) is 9.52. The maximum Gasteiger partial charge on any atom is 0.253 e. The fourth-order valence-electron chi connectivity index (χ4n) is 3.76. The minimum atomic E-state index is -0.638. The van der Waals surface area contributed by atoms with Crippen LogP contribution in [0.15, 0.2) is 54.7 Å². The van der Waals surface area contributed by atoms with Gasteiger partial charge in [0.05, 0.1) is 10.6 Å². The van der Waals surface area contributed by atoms with E-state index in [0.717, 1.165) is 42.4 Å². The summed E-state index contributed by atoms with van der Waals surface area (Å²) in [6, 6.07) is 14.2. The molecule has 2 N–H and O–H groups in total. The summed E-state index contributed by atoms with van der Waals surface area (Å²) in [6.45, 7) is 1.48. The van der Waals surface area contributed by atoms with Gasteiger partial charge in [-0.15, -0.1) is 0 Å². The van der Waals surface area contributed by atoms with Gasteiger partial charge in [0, 0.05) is 36.6 Å². The Balaban J connectivity index is 1.61. The van der Waals surface area contributed by atoms with Crippen molar-refractivity contribution in [3.05, 3.63) is 70.9 Å². The van der Waals surface area contributed by atoms with Crippen LogP contribution in [0.3, 0.4) is 0 Å². The molecule has 2 aromatic carbocycles. The van der Waals surface area contributed by atoms with Gasteiger partial charge in [-0.1, -0.05) is 41.9 Å². The fourth-order valence-corrected chi connectivity index (χ4v) is 3.98. The zero-order chi connectivity index (χ0) is 19.5. The van der Waals surface area contributed by atoms with Gasteiger partial charge in [-0.25, -0.2) is 0 Å². The van der Waals surface area contributed by atoms with E-state index in [0.29, 0.717) is 17.0 Å². The van der Waals surface area contributed by atoms with Crippen LogP contribution >= 0.6 is 11.6 Å². The quantitative estimate of drug-likeness (QED) is 0.690. The van der Waals surface area contributed by atoms with Crippen LogP contribution in [0.2, 0.25) is 5.02 Å². The van der Waals surface area contributed by atoms with Gasteiger partial charge in [-0.3, -0.25) is 9.59 Å². The molecule has 2 amide bonds. The first kappa shape index (κ1) is 18.6. The number of hydrogen-bond donors (Lipinski definition) is 2. The number of halogens is 1. The maximum atomic E-state index is 13.1. The second-order valence-electron chi connectivity index (χ2n) is 7.10. The van der Waals surface area contributed by atoms with E-state index in [9.17, 15) is 9.59 Å². The largest absolute Gasteiger partial charge is 0.361 e. The smallest absolute Gasteiger partial charge is 0.253 e. The van der Waals surface area contributed by atoms with Crippen molar-refractivity contribution in [3.63, 3.8) is 0 Å². The molecular formula is C22H22ClN3O2. The van der Waals surface area contributed by atoms with Crippen LogP contribution in [-0.2, 0) is 11.2 Å². The second-order valence-corrected chi connectivity index (χ2v) is 7.51. The molecule has 144 valence electrons. The Kier molecular flexibility index (Phi) is 5.35. The first-order valence-corrected chi connectivity index (χ1v) is 9.90. The van der Waals surface area contributed by atoms with E-state index < -0.39 is 6.04 Å². The highest BCUT2D eigenvalue weighted by molar-refractivity contribution is 6.33. The lowest BCUT2D eigenvalue weighted by molar-refractivity contribution is -0.132. The molecule has 0 aliphatic carbocycles. The van der Waals surface area contributed by atoms with Gasteiger partial charge in [0.2, 0.25) is 5.91 Å². The zero-order valence-corrected chi connectivity index (χ0v) is 16.2. The number of aromatic nitrogens is 1. The number of carbonyl (C=O) groups excluding carboxylic acids is 2. The Morgan fingerprint density at radius 3 is 2.57 bits per heavy atom. The summed E-state index contributed by atoms with van der Waals surface area (Å²) in [5, 5.41) is 4.36. The van der Waals surface area contributed by atoms with Crippen molar-refractivity contribution in [2.24, 2.45) is 0 Å². The van der Waals surface area contributed by atoms with Crippen LogP contribution in [0.1, 0.15) is 28.8 Å². The molecule has 1 aliphatic heterocycles. The van der Waals surface area contributed by atoms with Crippen LogP contribution in [0.25, 0.3) is 10.9 Å². The average molecular weight is 396 g/mol. The number of nitrogens with one attached hydrogen (secondary N) is 2. The summed E-state index contributed by atoms with van der Waals surface area (Å²) >= 11 is 6.17. The number of nitrogens with zero attached hydrogens (tertiary/aromatic N) is 1. The molecule has 0 saturated carbocycles. The van der Waals surface area contributed by atoms with E-state index in [1.165, 1.54) is 0 Å². The molecule has 0 radical (unpaired) electrons. The van der Waals surface area contributed by atoms with Crippen molar-refractivity contribution in [1.82, 2.24) is 15.2 Å². The van der Waals surface area contributed by atoms with Crippen molar-refractivity contribution in [1.29, 1.82) is 0 Å². The van der Waals surface area contributed by atoms with Crippen LogP contribution in [0.4, 0.5) is 0 Å². The number of para-hydroxylation sites is 1. The third kappa shape index (κ3) is 3.76. The summed E-state index contributed by atoms with van der Waals surface area (Å²) < 4.78 is 0. The summed E-state index contributed by atoms with van der Waals surface area (Å²) in [5.74, 6) is -0.369. The summed E-state index contributed by atoms with van der Waals surface area (Å²) in [5.41, 5.74) is 2.40. The van der Waals surface area contributed by atoms with E-state index in [2.05, 4.69) is 10.3 Å². The van der Waals surface area contributed by atoms with Crippen LogP contribution < -0.4 is 5.32 Å². The molecule has 1 aliphatic rings. The Hall–Kier alpha value is -2.79. The standard InChI is InChI=1S/C22H22ClN3O2/c23-18-9-3-1-8-17(18)21(27)25-20(22(28)26-11-5-6-12-26)13-15-14-24-19-10-4-2-7-16(15)19/h1-4,7-10,14,20,24H,5-6,11-13H2,(H,25,27)/t20-/m0/s1. The number of fused-ring (bicyclic) bond motifs is 1. The number of aromatic amines is 1. The molecule has 5 nitrogen and oxygen atoms in total. The van der Waals surface area contributed by atoms with Crippen molar-refractivity contribution in [3.8, 4) is 0 Å². The van der Waals surface area contributed by atoms with E-state index in [4.69, 9.17) is 11.6 Å². The number of H-pyrrole nitrogens is 1. The van der Waals surface area contributed by atoms with Crippen LogP contribution in [0, 0.1) is 0 Å². The SMILES string of the molecule is O=C(N[C@@H](Cc1c[nH]c2ccccc12)C(=O)N1CCCC1)c1ccccc1Cl. The number of benzene rings is 2. The molecule has 0 bridgehead atoms. The third-order valence-electron chi connectivity index (χ3n) is 5.24. The molecule has 4 rings (SSSR count). The fraction of sp³-hybridized carbons (Fsp3) is 0.273.